The van der Waals surface area contributed by atoms with Crippen molar-refractivity contribution in [2.45, 2.75) is 25.7 Å². The molecule has 0 bridgehead atoms. The van der Waals surface area contributed by atoms with Crippen LogP contribution in [0.4, 0.5) is 11.8 Å². The van der Waals surface area contributed by atoms with Crippen molar-refractivity contribution in [3.63, 3.8) is 0 Å². The second-order valence-electron chi connectivity index (χ2n) is 6.12. The van der Waals surface area contributed by atoms with Gasteiger partial charge < -0.3 is 15.0 Å². The summed E-state index contributed by atoms with van der Waals surface area (Å²) >= 11 is 0. The van der Waals surface area contributed by atoms with Gasteiger partial charge in [-0.25, -0.2) is 9.97 Å². The molecule has 0 radical (unpaired) electrons. The van der Waals surface area contributed by atoms with Crippen LogP contribution in [0.5, 0.6) is 0 Å². The van der Waals surface area contributed by atoms with Gasteiger partial charge in [-0.15, -0.1) is 0 Å². The van der Waals surface area contributed by atoms with Crippen molar-refractivity contribution >= 4 is 17.4 Å². The second kappa shape index (κ2) is 5.53. The quantitative estimate of drug-likeness (QED) is 0.787. The third kappa shape index (κ3) is 2.60. The molecule has 6 nitrogen and oxygen atoms in total. The first kappa shape index (κ1) is 14.0. The van der Waals surface area contributed by atoms with E-state index in [1.165, 1.54) is 12.1 Å². The molecule has 0 spiro atoms. The lowest BCUT2D eigenvalue weighted by Gasteiger charge is -2.33. The average Bonchev–Trinajstić information content (AvgIpc) is 2.98. The number of aryl methyl sites for hydroxylation is 1. The number of imidazole rings is 1. The van der Waals surface area contributed by atoms with E-state index < -0.39 is 0 Å². The Kier molecular flexibility index (Phi) is 3.37. The van der Waals surface area contributed by atoms with Crippen molar-refractivity contribution in [3.05, 3.63) is 48.0 Å². The van der Waals surface area contributed by atoms with Crippen LogP contribution in [0.1, 0.15) is 30.1 Å². The minimum Gasteiger partial charge on any atom is -0.368 e. The van der Waals surface area contributed by atoms with Crippen LogP contribution in [-0.2, 0) is 0 Å². The number of nitrogens with zero attached hydrogens (tertiary/aromatic N) is 5. The topological polar surface area (TPSA) is 72.3 Å². The van der Waals surface area contributed by atoms with E-state index in [4.69, 9.17) is 5.73 Å². The van der Waals surface area contributed by atoms with E-state index >= 15 is 0 Å². The fourth-order valence-corrected chi connectivity index (χ4v) is 3.42. The SMILES string of the molecule is Cc1cc(N2CCCC(c3cnc4ccccn34)C2)nc(N)n1. The highest BCUT2D eigenvalue weighted by Gasteiger charge is 2.25. The van der Waals surface area contributed by atoms with Crippen LogP contribution in [0.15, 0.2) is 36.7 Å². The molecule has 1 aliphatic rings. The molecule has 6 heteroatoms. The first-order chi connectivity index (χ1) is 11.2. The zero-order valence-corrected chi connectivity index (χ0v) is 13.2. The van der Waals surface area contributed by atoms with Crippen LogP contribution in [0.3, 0.4) is 0 Å². The number of pyridine rings is 1. The highest BCUT2D eigenvalue weighted by Crippen LogP contribution is 2.30. The monoisotopic (exact) mass is 308 g/mol. The molecule has 0 aromatic carbocycles. The number of hydrogen-bond acceptors (Lipinski definition) is 5. The normalized spacial score (nSPS) is 18.5. The van der Waals surface area contributed by atoms with Crippen molar-refractivity contribution in [2.24, 2.45) is 0 Å². The van der Waals surface area contributed by atoms with Crippen LogP contribution >= 0.6 is 0 Å². The summed E-state index contributed by atoms with van der Waals surface area (Å²) in [5.41, 5.74) is 8.98. The number of piperidine rings is 1. The fourth-order valence-electron chi connectivity index (χ4n) is 3.42. The summed E-state index contributed by atoms with van der Waals surface area (Å²) < 4.78 is 2.19. The standard InChI is InChI=1S/C17H20N6/c1-12-9-16(21-17(18)20-12)22-7-4-5-13(11-22)14-10-19-15-6-2-3-8-23(14)15/h2-3,6,8-10,13H,4-5,7,11H2,1H3,(H2,18,20,21). The summed E-state index contributed by atoms with van der Waals surface area (Å²) in [6, 6.07) is 8.12. The van der Waals surface area contributed by atoms with E-state index in [1.807, 2.05) is 37.4 Å². The molecule has 1 unspecified atom stereocenters. The Hall–Kier alpha value is -2.63. The van der Waals surface area contributed by atoms with Gasteiger partial charge in [0, 0.05) is 48.9 Å². The van der Waals surface area contributed by atoms with Gasteiger partial charge in [0.15, 0.2) is 0 Å². The number of anilines is 2. The minimum atomic E-state index is 0.344. The molecule has 23 heavy (non-hydrogen) atoms. The largest absolute Gasteiger partial charge is 0.368 e. The number of nitrogen functional groups attached to an aromatic ring is 1. The maximum Gasteiger partial charge on any atom is 0.222 e. The van der Waals surface area contributed by atoms with Crippen molar-refractivity contribution < 1.29 is 0 Å². The van der Waals surface area contributed by atoms with Crippen molar-refractivity contribution in [1.29, 1.82) is 0 Å². The second-order valence-corrected chi connectivity index (χ2v) is 6.12. The minimum absolute atomic E-state index is 0.344. The maximum atomic E-state index is 5.81. The molecule has 1 fully saturated rings. The van der Waals surface area contributed by atoms with Gasteiger partial charge in [-0.3, -0.25) is 0 Å². The smallest absolute Gasteiger partial charge is 0.222 e. The molecule has 3 aromatic heterocycles. The molecule has 0 aliphatic carbocycles. The Morgan fingerprint density at radius 1 is 1.26 bits per heavy atom. The number of fused-ring (bicyclic) bond motifs is 1. The zero-order valence-electron chi connectivity index (χ0n) is 13.2. The lowest BCUT2D eigenvalue weighted by molar-refractivity contribution is 0.496. The summed E-state index contributed by atoms with van der Waals surface area (Å²) in [6.07, 6.45) is 6.39. The molecule has 0 saturated carbocycles. The van der Waals surface area contributed by atoms with E-state index in [1.54, 1.807) is 0 Å². The number of aromatic nitrogens is 4. The predicted molar refractivity (Wildman–Crippen MR) is 90.6 cm³/mol. The van der Waals surface area contributed by atoms with Crippen LogP contribution in [0.25, 0.3) is 5.65 Å². The van der Waals surface area contributed by atoms with Gasteiger partial charge in [-0.1, -0.05) is 6.07 Å². The van der Waals surface area contributed by atoms with Crippen molar-refractivity contribution in [1.82, 2.24) is 19.4 Å². The highest BCUT2D eigenvalue weighted by atomic mass is 15.2. The van der Waals surface area contributed by atoms with E-state index in [2.05, 4.69) is 30.4 Å². The number of hydrogen-bond donors (Lipinski definition) is 1. The van der Waals surface area contributed by atoms with E-state index in [9.17, 15) is 0 Å². The maximum absolute atomic E-state index is 5.81. The Morgan fingerprint density at radius 3 is 3.04 bits per heavy atom. The van der Waals surface area contributed by atoms with E-state index in [0.717, 1.165) is 36.7 Å². The molecule has 1 saturated heterocycles. The first-order valence-corrected chi connectivity index (χ1v) is 7.99. The fraction of sp³-hybridized carbons (Fsp3) is 0.353. The molecule has 118 valence electrons. The van der Waals surface area contributed by atoms with Crippen molar-refractivity contribution in [3.8, 4) is 0 Å². The van der Waals surface area contributed by atoms with Crippen LogP contribution < -0.4 is 10.6 Å². The van der Waals surface area contributed by atoms with Gasteiger partial charge in [-0.05, 0) is 31.9 Å². The molecular weight excluding hydrogens is 288 g/mol. The average molecular weight is 308 g/mol. The molecule has 4 rings (SSSR count). The molecule has 3 aromatic rings. The van der Waals surface area contributed by atoms with Gasteiger partial charge in [0.1, 0.15) is 11.5 Å². The Labute approximate surface area is 135 Å². The summed E-state index contributed by atoms with van der Waals surface area (Å²) in [5.74, 6) is 1.71. The first-order valence-electron chi connectivity index (χ1n) is 7.99. The van der Waals surface area contributed by atoms with Gasteiger partial charge >= 0.3 is 0 Å². The Bertz CT molecular complexity index is 820. The molecule has 0 amide bonds. The molecule has 4 heterocycles. The van der Waals surface area contributed by atoms with Gasteiger partial charge in [-0.2, -0.15) is 4.98 Å². The Morgan fingerprint density at radius 2 is 2.17 bits per heavy atom. The third-order valence-corrected chi connectivity index (χ3v) is 4.47. The summed E-state index contributed by atoms with van der Waals surface area (Å²) in [6.45, 7) is 3.88. The number of rotatable bonds is 2. The lowest BCUT2D eigenvalue weighted by atomic mass is 9.95. The Balaban J connectivity index is 1.64. The molecule has 1 atom stereocenters. The lowest BCUT2D eigenvalue weighted by Crippen LogP contribution is -2.35. The van der Waals surface area contributed by atoms with Crippen LogP contribution in [-0.4, -0.2) is 32.4 Å². The predicted octanol–water partition coefficient (Wildman–Crippen LogP) is 2.40. The van der Waals surface area contributed by atoms with Gasteiger partial charge in [0.05, 0.1) is 0 Å². The summed E-state index contributed by atoms with van der Waals surface area (Å²) in [7, 11) is 0. The van der Waals surface area contributed by atoms with E-state index in [0.29, 0.717) is 11.9 Å². The van der Waals surface area contributed by atoms with Gasteiger partial charge in [0.2, 0.25) is 5.95 Å². The van der Waals surface area contributed by atoms with E-state index in [-0.39, 0.29) is 0 Å². The van der Waals surface area contributed by atoms with Crippen LogP contribution in [0, 0.1) is 6.92 Å². The van der Waals surface area contributed by atoms with Crippen molar-refractivity contribution in [2.75, 3.05) is 23.7 Å². The molecule has 1 aliphatic heterocycles. The molecular formula is C17H20N6. The number of nitrogens with two attached hydrogens (primary N) is 1. The summed E-state index contributed by atoms with van der Waals surface area (Å²) in [5, 5.41) is 0. The third-order valence-electron chi connectivity index (χ3n) is 4.47. The van der Waals surface area contributed by atoms with Crippen LogP contribution in [0.2, 0.25) is 0 Å². The van der Waals surface area contributed by atoms with Gasteiger partial charge in [0.25, 0.3) is 0 Å². The molecule has 2 N–H and O–H groups in total. The highest BCUT2D eigenvalue weighted by molar-refractivity contribution is 5.45. The zero-order chi connectivity index (χ0) is 15.8. The summed E-state index contributed by atoms with van der Waals surface area (Å²) in [4.78, 5) is 15.4.